The molecule has 106 heavy (non-hydrogen) atoms. The van der Waals surface area contributed by atoms with Crippen molar-refractivity contribution in [2.75, 3.05) is 0 Å². The lowest BCUT2D eigenvalue weighted by molar-refractivity contribution is 0.437. The van der Waals surface area contributed by atoms with Gasteiger partial charge in [-0.05, 0) is 299 Å². The summed E-state index contributed by atoms with van der Waals surface area (Å²) in [6.07, 6.45) is 49.5. The fraction of sp³-hybridized carbons (Fsp3) is 0.604. The molecule has 0 fully saturated rings. The van der Waals surface area contributed by atoms with Crippen LogP contribution in [-0.4, -0.2) is 0 Å². The third kappa shape index (κ3) is 17.5. The second-order valence-electron chi connectivity index (χ2n) is 39.1. The van der Waals surface area contributed by atoms with Crippen molar-refractivity contribution in [1.82, 2.24) is 0 Å². The molecule has 0 bridgehead atoms. The zero-order valence-corrected chi connectivity index (χ0v) is 70.6. The summed E-state index contributed by atoms with van der Waals surface area (Å²) in [6.45, 7) is 39.3. The Labute approximate surface area is 645 Å². The maximum absolute atomic E-state index is 2.80. The van der Waals surface area contributed by atoms with Gasteiger partial charge >= 0.3 is 0 Å². The van der Waals surface area contributed by atoms with Gasteiger partial charge < -0.3 is 0 Å². The number of aryl methyl sites for hydroxylation is 6. The molecule has 13 rings (SSSR count). The maximum Gasteiger partial charge on any atom is -0.0000472 e. The number of unbranched alkanes of at least 4 members (excludes halogenated alkanes) is 11. The van der Waals surface area contributed by atoms with Gasteiger partial charge in [-0.25, -0.2) is 0 Å². The maximum atomic E-state index is 2.80. The Morgan fingerprint density at radius 2 is 0.321 bits per heavy atom. The Bertz CT molecular complexity index is 4610. The van der Waals surface area contributed by atoms with E-state index in [1.165, 1.54) is 270 Å². The zero-order valence-electron chi connectivity index (χ0n) is 70.6. The summed E-state index contributed by atoms with van der Waals surface area (Å²) in [5.41, 5.74) is 9.33. The SMILES string of the molecule is CCCCCCCCCCCCCCc1cc2c3cc(CCC(C)CCCC(C)C)cc4c5cc(CCC(C)CCCC(C)C)cc6c7cc(CCC(C)CCCC(C)C)cc8c9cc(CCC(C)CCCC(C)C)cc%10c%11cc(CCC(C)CCCC(C)C)cc%12c(c1)c2c1c(c34)c(c56)c(c78)c(c%109)c1c%12%11. The molecule has 0 aromatic heterocycles. The smallest absolute Gasteiger partial charge is 0.0000472 e. The highest BCUT2D eigenvalue weighted by Crippen LogP contribution is 2.61. The van der Waals surface area contributed by atoms with Gasteiger partial charge in [0.15, 0.2) is 0 Å². The first-order valence-electron chi connectivity index (χ1n) is 45.5. The average Bonchev–Trinajstić information content (AvgIpc) is 0.643. The minimum atomic E-state index is 0.694. The summed E-state index contributed by atoms with van der Waals surface area (Å²) in [5, 5.41) is 37.3. The van der Waals surface area contributed by atoms with Crippen LogP contribution in [0, 0.1) is 59.2 Å². The second-order valence-corrected chi connectivity index (χ2v) is 39.1. The molecule has 5 atom stereocenters. The molecule has 0 heteroatoms. The highest BCUT2D eigenvalue weighted by molar-refractivity contribution is 6.61. The van der Waals surface area contributed by atoms with Crippen LogP contribution in [0.1, 0.15) is 350 Å². The molecule has 0 saturated heterocycles. The Morgan fingerprint density at radius 1 is 0.160 bits per heavy atom. The molecule has 0 nitrogen and oxygen atoms in total. The molecule has 0 N–H and O–H groups in total. The van der Waals surface area contributed by atoms with E-state index in [1.54, 1.807) is 98.0 Å². The number of benzene rings is 13. The fourth-order valence-electron chi connectivity index (χ4n) is 20.8. The third-order valence-corrected chi connectivity index (χ3v) is 27.3. The first-order valence-corrected chi connectivity index (χ1v) is 45.5. The van der Waals surface area contributed by atoms with E-state index in [-0.39, 0.29) is 0 Å². The Balaban J connectivity index is 1.10. The molecule has 0 aliphatic rings. The van der Waals surface area contributed by atoms with Crippen molar-refractivity contribution in [3.63, 3.8) is 0 Å². The monoisotopic (exact) mass is 1420 g/mol. The lowest BCUT2D eigenvalue weighted by atomic mass is 9.72. The highest BCUT2D eigenvalue weighted by atomic mass is 14.4. The summed E-state index contributed by atoms with van der Waals surface area (Å²) in [4.78, 5) is 0. The van der Waals surface area contributed by atoms with Gasteiger partial charge in [0.25, 0.3) is 0 Å². The predicted molar refractivity (Wildman–Crippen MR) is 479 cm³/mol. The van der Waals surface area contributed by atoms with E-state index in [4.69, 9.17) is 0 Å². The molecule has 0 aliphatic heterocycles. The molecule has 0 heterocycles. The van der Waals surface area contributed by atoms with Crippen molar-refractivity contribution in [3.8, 4) is 0 Å². The number of hydrogen-bond donors (Lipinski definition) is 0. The first kappa shape index (κ1) is 78.7. The van der Waals surface area contributed by atoms with Crippen molar-refractivity contribution in [1.29, 1.82) is 0 Å². The molecular weight excluding hydrogens is 1270 g/mol. The van der Waals surface area contributed by atoms with Crippen LogP contribution >= 0.6 is 0 Å². The van der Waals surface area contributed by atoms with Crippen LogP contribution < -0.4 is 0 Å². The van der Waals surface area contributed by atoms with Gasteiger partial charge in [-0.2, -0.15) is 0 Å². The summed E-state index contributed by atoms with van der Waals surface area (Å²) >= 11 is 0. The van der Waals surface area contributed by atoms with E-state index in [1.807, 2.05) is 0 Å². The molecule has 13 aromatic rings. The van der Waals surface area contributed by atoms with Crippen LogP contribution in [0.4, 0.5) is 0 Å². The largest absolute Gasteiger partial charge is 0.0654 e. The standard InChI is InChI=1S/C106H146/c1-17-18-19-20-21-22-23-24-25-26-27-28-44-77-55-83-85-57-78(50-45-72(12)39-29-34-67(2)3)59-87-89-61-80(52-47-74(14)41-31-36-69(6)7)63-91-93-65-82(54-49-76(16)43-33-38-71(10)11)66-94-92-64-81(53-48-75(15)42-32-37-70(8)9)62-90-88-60-79(51-46-73(13)40-30-35-68(4)5)58-86-84(56-77)95(83)101-102(96(85)87)104(98(89)91)106(100(93)94)105(99(90)92)103(101)97(86)88/h55-76H,17-54H2,1-16H3. The minimum absolute atomic E-state index is 0.694. The fourth-order valence-corrected chi connectivity index (χ4v) is 20.8. The van der Waals surface area contributed by atoms with E-state index in [9.17, 15) is 0 Å². The highest BCUT2D eigenvalue weighted by Gasteiger charge is 2.33. The van der Waals surface area contributed by atoms with Crippen molar-refractivity contribution >= 4 is 129 Å². The lowest BCUT2D eigenvalue weighted by Gasteiger charge is -2.30. The molecule has 570 valence electrons. The van der Waals surface area contributed by atoms with Gasteiger partial charge in [0.2, 0.25) is 0 Å². The van der Waals surface area contributed by atoms with Gasteiger partial charge in [0, 0.05) is 0 Å². The third-order valence-electron chi connectivity index (χ3n) is 27.3. The quantitative estimate of drug-likeness (QED) is 0.0203. The van der Waals surface area contributed by atoms with Crippen molar-refractivity contribution < 1.29 is 0 Å². The van der Waals surface area contributed by atoms with Crippen LogP contribution in [0.3, 0.4) is 0 Å². The van der Waals surface area contributed by atoms with E-state index in [0.717, 1.165) is 68.1 Å². The van der Waals surface area contributed by atoms with Gasteiger partial charge in [0.05, 0.1) is 0 Å². The van der Waals surface area contributed by atoms with Crippen LogP contribution in [0.25, 0.3) is 129 Å². The number of hydrogen-bond acceptors (Lipinski definition) is 0. The molecule has 0 saturated carbocycles. The van der Waals surface area contributed by atoms with E-state index in [0.29, 0.717) is 29.6 Å². The Kier molecular flexibility index (Phi) is 26.5. The number of fused-ring (bicyclic) bond motifs is 6. The van der Waals surface area contributed by atoms with Gasteiger partial charge in [-0.3, -0.25) is 0 Å². The summed E-state index contributed by atoms with van der Waals surface area (Å²) in [5.74, 6) is 7.29. The summed E-state index contributed by atoms with van der Waals surface area (Å²) in [6, 6.07) is 33.6. The topological polar surface area (TPSA) is 0 Å². The Morgan fingerprint density at radius 3 is 0.491 bits per heavy atom. The zero-order chi connectivity index (χ0) is 74.4. The Hall–Kier alpha value is -5.46. The van der Waals surface area contributed by atoms with Gasteiger partial charge in [0.1, 0.15) is 0 Å². The van der Waals surface area contributed by atoms with E-state index < -0.39 is 0 Å². The minimum Gasteiger partial charge on any atom is -0.0654 e. The summed E-state index contributed by atoms with van der Waals surface area (Å²) < 4.78 is 0. The molecule has 0 amide bonds. The van der Waals surface area contributed by atoms with E-state index in [2.05, 4.69) is 184 Å². The molecule has 5 unspecified atom stereocenters. The van der Waals surface area contributed by atoms with Gasteiger partial charge in [-0.15, -0.1) is 0 Å². The molecule has 0 radical (unpaired) electrons. The molecule has 0 spiro atoms. The number of rotatable bonds is 48. The predicted octanol–water partition coefficient (Wildman–Crippen LogP) is 34.4. The average molecular weight is 1420 g/mol. The molecular formula is C106H146. The van der Waals surface area contributed by atoms with Gasteiger partial charge in [-0.1, -0.05) is 351 Å². The first-order chi connectivity index (χ1) is 51.2. The van der Waals surface area contributed by atoms with Crippen molar-refractivity contribution in [2.24, 2.45) is 59.2 Å². The molecule has 0 aliphatic carbocycles. The summed E-state index contributed by atoms with van der Waals surface area (Å²) in [7, 11) is 0. The van der Waals surface area contributed by atoms with Crippen LogP contribution in [-0.2, 0) is 38.5 Å². The van der Waals surface area contributed by atoms with Crippen molar-refractivity contribution in [3.05, 3.63) is 106 Å². The molecule has 13 aromatic carbocycles. The normalized spacial score (nSPS) is 14.6. The second kappa shape index (κ2) is 35.7. The lowest BCUT2D eigenvalue weighted by Crippen LogP contribution is -2.04. The van der Waals surface area contributed by atoms with Crippen LogP contribution in [0.2, 0.25) is 0 Å². The van der Waals surface area contributed by atoms with Crippen LogP contribution in [0.15, 0.2) is 72.8 Å². The van der Waals surface area contributed by atoms with Crippen molar-refractivity contribution in [2.45, 2.75) is 355 Å². The van der Waals surface area contributed by atoms with Crippen LogP contribution in [0.5, 0.6) is 0 Å². The van der Waals surface area contributed by atoms with E-state index >= 15 is 0 Å².